The van der Waals surface area contributed by atoms with Crippen LogP contribution in [-0.4, -0.2) is 47.4 Å². The zero-order valence-electron chi connectivity index (χ0n) is 19.4. The first kappa shape index (κ1) is 25.3. The Bertz CT molecular complexity index is 1010. The number of nitrogens with zero attached hydrogens (tertiary/aromatic N) is 1. The number of carbonyl (C=O) groups excluding carboxylic acids is 1. The zero-order chi connectivity index (χ0) is 23.9. The average Bonchev–Trinajstić information content (AvgIpc) is 2.76. The molecule has 2 aromatic rings. The molecule has 0 heterocycles. The Morgan fingerprint density at radius 2 is 1.66 bits per heavy atom. The summed E-state index contributed by atoms with van der Waals surface area (Å²) in [4.78, 5) is 13.2. The highest BCUT2D eigenvalue weighted by Crippen LogP contribution is 2.30. The van der Waals surface area contributed by atoms with E-state index in [4.69, 9.17) is 14.2 Å². The molecule has 0 saturated carbocycles. The molecule has 9 heteroatoms. The van der Waals surface area contributed by atoms with Crippen molar-refractivity contribution < 1.29 is 27.4 Å². The number of rotatable bonds is 11. The molecule has 0 aliphatic carbocycles. The fourth-order valence-electron chi connectivity index (χ4n) is 3.48. The van der Waals surface area contributed by atoms with Crippen molar-refractivity contribution in [2.24, 2.45) is 0 Å². The van der Waals surface area contributed by atoms with Gasteiger partial charge >= 0.3 is 0 Å². The highest BCUT2D eigenvalue weighted by molar-refractivity contribution is 7.92. The molecule has 32 heavy (non-hydrogen) atoms. The summed E-state index contributed by atoms with van der Waals surface area (Å²) in [6, 6.07) is 10.6. The summed E-state index contributed by atoms with van der Waals surface area (Å²) in [5.74, 6) is 1.43. The molecule has 176 valence electrons. The van der Waals surface area contributed by atoms with Crippen LogP contribution in [0.3, 0.4) is 0 Å². The van der Waals surface area contributed by atoms with Crippen LogP contribution < -0.4 is 23.8 Å². The Morgan fingerprint density at radius 1 is 1.03 bits per heavy atom. The summed E-state index contributed by atoms with van der Waals surface area (Å²) in [6.07, 6.45) is 1.38. The van der Waals surface area contributed by atoms with E-state index in [-0.39, 0.29) is 6.42 Å². The van der Waals surface area contributed by atoms with Crippen LogP contribution in [0.15, 0.2) is 42.5 Å². The van der Waals surface area contributed by atoms with Gasteiger partial charge in [0, 0.05) is 5.56 Å². The van der Waals surface area contributed by atoms with E-state index in [0.29, 0.717) is 29.5 Å². The maximum absolute atomic E-state index is 13.2. The molecule has 2 rings (SSSR count). The fourth-order valence-corrected chi connectivity index (χ4v) is 4.69. The highest BCUT2D eigenvalue weighted by Gasteiger charge is 2.32. The minimum Gasteiger partial charge on any atom is -0.497 e. The number of sulfonamides is 1. The summed E-state index contributed by atoms with van der Waals surface area (Å²) in [6.45, 7) is 5.95. The number of hydrogen-bond donors (Lipinski definition) is 1. The topological polar surface area (TPSA) is 94.2 Å². The zero-order valence-corrected chi connectivity index (χ0v) is 20.2. The van der Waals surface area contributed by atoms with Crippen LogP contribution in [0.1, 0.15) is 38.8 Å². The molecule has 0 aliphatic rings. The predicted octanol–water partition coefficient (Wildman–Crippen LogP) is 3.52. The van der Waals surface area contributed by atoms with E-state index >= 15 is 0 Å². The largest absolute Gasteiger partial charge is 0.497 e. The molecule has 0 bridgehead atoms. The van der Waals surface area contributed by atoms with Crippen molar-refractivity contribution in [3.63, 3.8) is 0 Å². The van der Waals surface area contributed by atoms with Gasteiger partial charge in [-0.2, -0.15) is 0 Å². The number of methoxy groups -OCH3 is 2. The lowest BCUT2D eigenvalue weighted by atomic mass is 10.1. The van der Waals surface area contributed by atoms with E-state index in [1.807, 2.05) is 13.8 Å². The number of anilines is 1. The summed E-state index contributed by atoms with van der Waals surface area (Å²) >= 11 is 0. The van der Waals surface area contributed by atoms with E-state index in [1.165, 1.54) is 0 Å². The Balaban J connectivity index is 2.34. The molecular weight excluding hydrogens is 432 g/mol. The van der Waals surface area contributed by atoms with E-state index in [2.05, 4.69) is 5.32 Å². The van der Waals surface area contributed by atoms with Crippen molar-refractivity contribution in [2.75, 3.05) is 31.4 Å². The van der Waals surface area contributed by atoms with Crippen LogP contribution in [0.2, 0.25) is 0 Å². The minimum atomic E-state index is -3.74. The summed E-state index contributed by atoms with van der Waals surface area (Å²) in [5, 5.41) is 2.92. The van der Waals surface area contributed by atoms with Gasteiger partial charge < -0.3 is 19.5 Å². The second-order valence-corrected chi connectivity index (χ2v) is 9.11. The molecular formula is C23H32N2O6S. The smallest absolute Gasteiger partial charge is 0.244 e. The lowest BCUT2D eigenvalue weighted by Gasteiger charge is -2.31. The van der Waals surface area contributed by atoms with E-state index < -0.39 is 28.0 Å². The molecule has 0 radical (unpaired) electrons. The van der Waals surface area contributed by atoms with Crippen molar-refractivity contribution >= 4 is 21.6 Å². The van der Waals surface area contributed by atoms with Crippen LogP contribution >= 0.6 is 0 Å². The molecule has 2 aromatic carbocycles. The number of ether oxygens (including phenoxy) is 3. The van der Waals surface area contributed by atoms with Gasteiger partial charge in [0.2, 0.25) is 15.9 Å². The third kappa shape index (κ3) is 6.06. The van der Waals surface area contributed by atoms with Gasteiger partial charge in [0.1, 0.15) is 23.3 Å². The average molecular weight is 465 g/mol. The van der Waals surface area contributed by atoms with Crippen molar-refractivity contribution in [3.8, 4) is 17.2 Å². The molecule has 0 unspecified atom stereocenters. The lowest BCUT2D eigenvalue weighted by Crippen LogP contribution is -2.49. The van der Waals surface area contributed by atoms with Gasteiger partial charge in [-0.15, -0.1) is 0 Å². The third-order valence-corrected chi connectivity index (χ3v) is 6.17. The van der Waals surface area contributed by atoms with E-state index in [1.54, 1.807) is 63.6 Å². The van der Waals surface area contributed by atoms with Crippen LogP contribution in [-0.2, 0) is 14.8 Å². The summed E-state index contributed by atoms with van der Waals surface area (Å²) in [7, 11) is -0.630. The Kier molecular flexibility index (Phi) is 8.77. The quantitative estimate of drug-likeness (QED) is 0.547. The monoisotopic (exact) mass is 464 g/mol. The van der Waals surface area contributed by atoms with Gasteiger partial charge in [-0.25, -0.2) is 8.42 Å². The van der Waals surface area contributed by atoms with Crippen LogP contribution in [0.4, 0.5) is 5.69 Å². The number of benzene rings is 2. The summed E-state index contributed by atoms with van der Waals surface area (Å²) in [5.41, 5.74) is 1.12. The second kappa shape index (κ2) is 11.1. The molecule has 0 aromatic heterocycles. The molecule has 8 nitrogen and oxygen atoms in total. The van der Waals surface area contributed by atoms with Gasteiger partial charge in [0.15, 0.2) is 0 Å². The van der Waals surface area contributed by atoms with Crippen LogP contribution in [0.5, 0.6) is 17.2 Å². The third-order valence-electron chi connectivity index (χ3n) is 4.99. The molecule has 1 amide bonds. The Morgan fingerprint density at radius 3 is 2.16 bits per heavy atom. The Labute approximate surface area is 190 Å². The van der Waals surface area contributed by atoms with Gasteiger partial charge in [-0.05, 0) is 62.7 Å². The van der Waals surface area contributed by atoms with Crippen molar-refractivity contribution in [2.45, 2.75) is 39.3 Å². The second-order valence-electron chi connectivity index (χ2n) is 7.25. The van der Waals surface area contributed by atoms with Gasteiger partial charge in [-0.1, -0.05) is 6.92 Å². The molecule has 0 fully saturated rings. The lowest BCUT2D eigenvalue weighted by molar-refractivity contribution is -0.122. The van der Waals surface area contributed by atoms with E-state index in [9.17, 15) is 13.2 Å². The molecule has 0 spiro atoms. The first-order valence-electron chi connectivity index (χ1n) is 10.4. The maximum Gasteiger partial charge on any atom is 0.244 e. The molecule has 2 atom stereocenters. The first-order chi connectivity index (χ1) is 15.2. The number of nitrogens with one attached hydrogen (secondary N) is 1. The van der Waals surface area contributed by atoms with Gasteiger partial charge in [-0.3, -0.25) is 9.10 Å². The summed E-state index contributed by atoms with van der Waals surface area (Å²) < 4.78 is 42.6. The van der Waals surface area contributed by atoms with Crippen LogP contribution in [0, 0.1) is 0 Å². The standard InChI is InChI=1S/C23H32N2O6S/c1-7-21(25(32(6,27)28)17-9-11-18(12-10-17)31-8-2)23(26)24-16(3)20-15-19(29-4)13-14-22(20)30-5/h9-16,21H,7-8H2,1-6H3,(H,24,26)/t16-,21-/m1/s1. The Hall–Kier alpha value is -2.94. The fraction of sp³-hybridized carbons (Fsp3) is 0.435. The van der Waals surface area contributed by atoms with Crippen molar-refractivity contribution in [1.82, 2.24) is 5.32 Å². The highest BCUT2D eigenvalue weighted by atomic mass is 32.2. The number of hydrogen-bond acceptors (Lipinski definition) is 6. The van der Waals surface area contributed by atoms with Crippen LogP contribution in [0.25, 0.3) is 0 Å². The van der Waals surface area contributed by atoms with Gasteiger partial charge in [0.05, 0.1) is 38.8 Å². The van der Waals surface area contributed by atoms with Gasteiger partial charge in [0.25, 0.3) is 0 Å². The predicted molar refractivity (Wildman–Crippen MR) is 125 cm³/mol. The SMILES string of the molecule is CCOc1ccc(N([C@H](CC)C(=O)N[C@H](C)c2cc(OC)ccc2OC)S(C)(=O)=O)cc1. The first-order valence-corrected chi connectivity index (χ1v) is 12.3. The maximum atomic E-state index is 13.2. The van der Waals surface area contributed by atoms with E-state index in [0.717, 1.165) is 16.1 Å². The number of carbonyl (C=O) groups is 1. The van der Waals surface area contributed by atoms with Crippen molar-refractivity contribution in [1.29, 1.82) is 0 Å². The number of amides is 1. The minimum absolute atomic E-state index is 0.286. The molecule has 0 aliphatic heterocycles. The molecule has 0 saturated heterocycles. The molecule has 1 N–H and O–H groups in total. The van der Waals surface area contributed by atoms with Crippen molar-refractivity contribution in [3.05, 3.63) is 48.0 Å². The normalized spacial score (nSPS) is 13.1.